The van der Waals surface area contributed by atoms with Crippen LogP contribution in [0.15, 0.2) is 55.0 Å². The quantitative estimate of drug-likeness (QED) is 0.479. The van der Waals surface area contributed by atoms with Crippen LogP contribution in [-0.2, 0) is 13.0 Å². The summed E-state index contributed by atoms with van der Waals surface area (Å²) in [4.78, 5) is 9.21. The zero-order valence-electron chi connectivity index (χ0n) is 18.0. The third-order valence-corrected chi connectivity index (χ3v) is 5.85. The van der Waals surface area contributed by atoms with Gasteiger partial charge < -0.3 is 10.5 Å². The van der Waals surface area contributed by atoms with E-state index in [1.54, 1.807) is 6.20 Å². The van der Waals surface area contributed by atoms with Gasteiger partial charge in [-0.3, -0.25) is 9.67 Å². The lowest BCUT2D eigenvalue weighted by atomic mass is 9.92. The number of hydrogen-bond donors (Lipinski definition) is 1. The predicted molar refractivity (Wildman–Crippen MR) is 122 cm³/mol. The van der Waals surface area contributed by atoms with Crippen LogP contribution in [0.25, 0.3) is 22.5 Å². The van der Waals surface area contributed by atoms with Crippen molar-refractivity contribution in [3.63, 3.8) is 0 Å². The topological polar surface area (TPSA) is 78.9 Å². The van der Waals surface area contributed by atoms with E-state index >= 15 is 0 Å². The number of pyridine rings is 2. The third-order valence-electron chi connectivity index (χ3n) is 5.85. The Kier molecular flexibility index (Phi) is 4.70. The highest BCUT2D eigenvalue weighted by Crippen LogP contribution is 2.38. The van der Waals surface area contributed by atoms with E-state index in [0.717, 1.165) is 52.2 Å². The lowest BCUT2D eigenvalue weighted by Gasteiger charge is -2.22. The molecular weight excluding hydrogens is 386 g/mol. The molecule has 0 radical (unpaired) electrons. The predicted octanol–water partition coefficient (Wildman–Crippen LogP) is 4.96. The van der Waals surface area contributed by atoms with E-state index in [-0.39, 0.29) is 6.10 Å². The molecule has 2 N–H and O–H groups in total. The molecule has 1 aliphatic heterocycles. The number of ether oxygens (including phenoxy) is 1. The van der Waals surface area contributed by atoms with Crippen molar-refractivity contribution in [2.24, 2.45) is 0 Å². The fourth-order valence-corrected chi connectivity index (χ4v) is 4.32. The van der Waals surface area contributed by atoms with Crippen molar-refractivity contribution in [2.45, 2.75) is 39.8 Å². The molecule has 0 saturated carbocycles. The van der Waals surface area contributed by atoms with Gasteiger partial charge in [-0.2, -0.15) is 5.10 Å². The highest BCUT2D eigenvalue weighted by Gasteiger charge is 2.22. The summed E-state index contributed by atoms with van der Waals surface area (Å²) in [6.07, 6.45) is 6.09. The van der Waals surface area contributed by atoms with E-state index in [9.17, 15) is 0 Å². The Labute approximate surface area is 181 Å². The number of nitrogen functional groups attached to an aromatic ring is 1. The molecule has 5 rings (SSSR count). The average molecular weight is 412 g/mol. The molecule has 6 heteroatoms. The van der Waals surface area contributed by atoms with Crippen molar-refractivity contribution >= 4 is 5.82 Å². The first kappa shape index (κ1) is 19.3. The summed E-state index contributed by atoms with van der Waals surface area (Å²) in [7, 11) is 0. The molecule has 4 aromatic rings. The van der Waals surface area contributed by atoms with Crippen LogP contribution in [-0.4, -0.2) is 19.7 Å². The minimum atomic E-state index is -0.223. The van der Waals surface area contributed by atoms with Gasteiger partial charge in [-0.05, 0) is 38.5 Å². The van der Waals surface area contributed by atoms with Crippen molar-refractivity contribution in [3.8, 4) is 28.3 Å². The van der Waals surface area contributed by atoms with Gasteiger partial charge in [0.25, 0.3) is 0 Å². The minimum Gasteiger partial charge on any atom is -0.482 e. The Hall–Kier alpha value is -3.67. The molecule has 2 bridgehead atoms. The van der Waals surface area contributed by atoms with E-state index in [4.69, 9.17) is 15.5 Å². The van der Waals surface area contributed by atoms with Gasteiger partial charge in [0.1, 0.15) is 6.10 Å². The molecule has 0 amide bonds. The standard InChI is InChI=1S/C25H25N5O/c1-4-30-24-18(14-29-30)11-17-6-5-9-27-23(17)20-8-7-15(2)10-21(20)16(3)31-22-12-19(24)13-28-25(22)26/h5-10,12-14,16H,4,11H2,1-3H3,(H2,26,28). The van der Waals surface area contributed by atoms with E-state index in [1.165, 1.54) is 5.56 Å². The number of anilines is 1. The van der Waals surface area contributed by atoms with Crippen molar-refractivity contribution in [2.75, 3.05) is 5.73 Å². The fraction of sp³-hybridized carbons (Fsp3) is 0.240. The summed E-state index contributed by atoms with van der Waals surface area (Å²) in [6.45, 7) is 6.97. The lowest BCUT2D eigenvalue weighted by molar-refractivity contribution is 0.228. The molecule has 1 aliphatic rings. The van der Waals surface area contributed by atoms with Gasteiger partial charge in [0.05, 0.1) is 17.6 Å². The van der Waals surface area contributed by atoms with E-state index in [2.05, 4.69) is 48.2 Å². The second-order valence-corrected chi connectivity index (χ2v) is 7.98. The summed E-state index contributed by atoms with van der Waals surface area (Å²) < 4.78 is 8.37. The number of hydrogen-bond acceptors (Lipinski definition) is 5. The van der Waals surface area contributed by atoms with Gasteiger partial charge >= 0.3 is 0 Å². The highest BCUT2D eigenvalue weighted by atomic mass is 16.5. The largest absolute Gasteiger partial charge is 0.482 e. The molecule has 1 atom stereocenters. The second-order valence-electron chi connectivity index (χ2n) is 7.98. The van der Waals surface area contributed by atoms with Crippen LogP contribution < -0.4 is 10.5 Å². The smallest absolute Gasteiger partial charge is 0.166 e. The van der Waals surface area contributed by atoms with Gasteiger partial charge in [-0.25, -0.2) is 4.98 Å². The number of aryl methyl sites for hydroxylation is 2. The van der Waals surface area contributed by atoms with Gasteiger partial charge in [0.2, 0.25) is 0 Å². The molecule has 1 aromatic carbocycles. The van der Waals surface area contributed by atoms with Crippen LogP contribution in [0.4, 0.5) is 5.82 Å². The second kappa shape index (κ2) is 7.54. The Morgan fingerprint density at radius 2 is 2.00 bits per heavy atom. The third kappa shape index (κ3) is 3.34. The fourth-order valence-electron chi connectivity index (χ4n) is 4.32. The maximum absolute atomic E-state index is 6.37. The Morgan fingerprint density at radius 3 is 2.84 bits per heavy atom. The number of aromatic nitrogens is 4. The van der Waals surface area contributed by atoms with Crippen LogP contribution in [0.1, 0.15) is 42.2 Å². The van der Waals surface area contributed by atoms with E-state index < -0.39 is 0 Å². The van der Waals surface area contributed by atoms with Crippen LogP contribution in [0.3, 0.4) is 0 Å². The Balaban J connectivity index is 1.81. The summed E-state index contributed by atoms with van der Waals surface area (Å²) in [5, 5.41) is 4.62. The molecular formula is C25H25N5O. The SMILES string of the molecule is CCn1ncc2c1-c1cnc(N)c(c1)OC(C)c1cc(C)ccc1-c1ncccc1C2. The molecule has 31 heavy (non-hydrogen) atoms. The maximum atomic E-state index is 6.37. The molecule has 3 aromatic heterocycles. The zero-order valence-corrected chi connectivity index (χ0v) is 18.0. The maximum Gasteiger partial charge on any atom is 0.166 e. The first-order valence-corrected chi connectivity index (χ1v) is 10.6. The van der Waals surface area contributed by atoms with E-state index in [1.807, 2.05) is 36.1 Å². The Morgan fingerprint density at radius 1 is 1.13 bits per heavy atom. The van der Waals surface area contributed by atoms with Crippen LogP contribution in [0.2, 0.25) is 0 Å². The summed E-state index contributed by atoms with van der Waals surface area (Å²) >= 11 is 0. The number of nitrogens with zero attached hydrogens (tertiary/aromatic N) is 4. The summed E-state index contributed by atoms with van der Waals surface area (Å²) in [6, 6.07) is 12.5. The molecule has 0 saturated heterocycles. The Bertz CT molecular complexity index is 1280. The number of nitrogens with two attached hydrogens (primary N) is 1. The molecule has 6 nitrogen and oxygen atoms in total. The van der Waals surface area contributed by atoms with Crippen molar-refractivity contribution in [3.05, 3.63) is 77.2 Å². The first-order valence-electron chi connectivity index (χ1n) is 10.6. The molecule has 156 valence electrons. The molecule has 1 unspecified atom stereocenters. The number of fused-ring (bicyclic) bond motifs is 7. The van der Waals surface area contributed by atoms with Gasteiger partial charge in [0, 0.05) is 47.6 Å². The molecule has 4 heterocycles. The van der Waals surface area contributed by atoms with Crippen LogP contribution in [0, 0.1) is 6.92 Å². The van der Waals surface area contributed by atoms with E-state index in [0.29, 0.717) is 11.6 Å². The van der Waals surface area contributed by atoms with Crippen molar-refractivity contribution in [1.29, 1.82) is 0 Å². The van der Waals surface area contributed by atoms with Crippen LogP contribution >= 0.6 is 0 Å². The highest BCUT2D eigenvalue weighted by molar-refractivity contribution is 5.72. The number of benzene rings is 1. The minimum absolute atomic E-state index is 0.223. The molecule has 0 aliphatic carbocycles. The van der Waals surface area contributed by atoms with Crippen molar-refractivity contribution in [1.82, 2.24) is 19.7 Å². The average Bonchev–Trinajstić information content (AvgIpc) is 3.17. The number of rotatable bonds is 1. The van der Waals surface area contributed by atoms with Crippen LogP contribution in [0.5, 0.6) is 5.75 Å². The molecule has 0 fully saturated rings. The normalized spacial score (nSPS) is 15.0. The monoisotopic (exact) mass is 411 g/mol. The molecule has 0 spiro atoms. The summed E-state index contributed by atoms with van der Waals surface area (Å²) in [5.74, 6) is 0.957. The van der Waals surface area contributed by atoms with Gasteiger partial charge in [-0.15, -0.1) is 0 Å². The summed E-state index contributed by atoms with van der Waals surface area (Å²) in [5.41, 5.74) is 14.7. The lowest BCUT2D eigenvalue weighted by Crippen LogP contribution is -2.10. The van der Waals surface area contributed by atoms with Gasteiger partial charge in [0.15, 0.2) is 11.6 Å². The van der Waals surface area contributed by atoms with Gasteiger partial charge in [-0.1, -0.05) is 29.8 Å². The first-order chi connectivity index (χ1) is 15.0. The zero-order chi connectivity index (χ0) is 21.5. The van der Waals surface area contributed by atoms with Crippen molar-refractivity contribution < 1.29 is 4.74 Å².